The lowest BCUT2D eigenvalue weighted by Crippen LogP contribution is -2.43. The maximum absolute atomic E-state index is 11.3. The fraction of sp³-hybridized carbons (Fsp3) is 0.250. The second-order valence-electron chi connectivity index (χ2n) is 7.42. The third-order valence-electron chi connectivity index (χ3n) is 4.58. The summed E-state index contributed by atoms with van der Waals surface area (Å²) in [5.74, 6) is -0.0862. The molecule has 3 aromatic carbocycles. The van der Waals surface area contributed by atoms with Crippen LogP contribution in [0, 0.1) is 0 Å². The highest BCUT2D eigenvalue weighted by atomic mass is 32.2. The Bertz CT molecular complexity index is 829. The lowest BCUT2D eigenvalue weighted by molar-refractivity contribution is 0.0183. The van der Waals surface area contributed by atoms with E-state index in [1.165, 1.54) is 9.79 Å². The molecular weight excluding hydrogens is 350 g/mol. The molecule has 0 saturated carbocycles. The van der Waals surface area contributed by atoms with Gasteiger partial charge in [0.25, 0.3) is 0 Å². The number of rotatable bonds is 7. The van der Waals surface area contributed by atoms with Crippen LogP contribution in [0.5, 0.6) is 0 Å². The Labute approximate surface area is 166 Å². The average molecular weight is 378 g/mol. The third-order valence-corrected chi connectivity index (χ3v) is 5.60. The van der Waals surface area contributed by atoms with E-state index in [0.717, 1.165) is 11.1 Å². The first-order chi connectivity index (χ1) is 13.0. The summed E-state index contributed by atoms with van der Waals surface area (Å²) in [6.45, 7) is 2.52. The van der Waals surface area contributed by atoms with E-state index in [-0.39, 0.29) is 5.92 Å². The van der Waals surface area contributed by atoms with Crippen molar-refractivity contribution in [2.75, 3.05) is 20.6 Å². The molecule has 0 heterocycles. The first-order valence-corrected chi connectivity index (χ1v) is 10.0. The van der Waals surface area contributed by atoms with Crippen molar-refractivity contribution in [3.8, 4) is 0 Å². The van der Waals surface area contributed by atoms with Gasteiger partial charge in [0.2, 0.25) is 0 Å². The van der Waals surface area contributed by atoms with Crippen LogP contribution >= 0.6 is 11.8 Å². The second kappa shape index (κ2) is 8.75. The molecule has 0 radical (unpaired) electrons. The summed E-state index contributed by atoms with van der Waals surface area (Å²) in [5.41, 5.74) is 1.39. The number of likely N-dealkylation sites (N-methyl/N-ethyl adjacent to an activating group) is 1. The number of hydrogen-bond acceptors (Lipinski definition) is 3. The van der Waals surface area contributed by atoms with E-state index in [1.807, 2.05) is 50.2 Å². The zero-order valence-corrected chi connectivity index (χ0v) is 17.0. The van der Waals surface area contributed by atoms with Crippen molar-refractivity contribution < 1.29 is 5.11 Å². The Kier molecular flexibility index (Phi) is 6.38. The lowest BCUT2D eigenvalue weighted by Gasteiger charge is -2.36. The van der Waals surface area contributed by atoms with Gasteiger partial charge in [-0.1, -0.05) is 72.4 Å². The standard InChI is InChI=1S/C24H27NOS/c1-24(26,18-25(2)3)23(19-10-6-4-7-11-19)20-14-16-22(17-15-20)27-21-12-8-5-9-13-21/h4-17,23,26H,18H2,1-3H3. The minimum absolute atomic E-state index is 0.0862. The molecule has 3 aromatic rings. The molecule has 27 heavy (non-hydrogen) atoms. The molecule has 3 rings (SSSR count). The average Bonchev–Trinajstić information content (AvgIpc) is 2.64. The van der Waals surface area contributed by atoms with Gasteiger partial charge < -0.3 is 10.0 Å². The van der Waals surface area contributed by atoms with Gasteiger partial charge in [-0.2, -0.15) is 0 Å². The van der Waals surface area contributed by atoms with Crippen molar-refractivity contribution in [2.45, 2.75) is 28.2 Å². The SMILES string of the molecule is CN(C)CC(C)(O)C(c1ccccc1)c1ccc(Sc2ccccc2)cc1. The molecule has 0 bridgehead atoms. The van der Waals surface area contributed by atoms with Crippen molar-refractivity contribution in [2.24, 2.45) is 0 Å². The van der Waals surface area contributed by atoms with Crippen LogP contribution in [-0.2, 0) is 0 Å². The molecule has 0 saturated heterocycles. The summed E-state index contributed by atoms with van der Waals surface area (Å²) >= 11 is 1.75. The van der Waals surface area contributed by atoms with Gasteiger partial charge in [-0.25, -0.2) is 0 Å². The van der Waals surface area contributed by atoms with Crippen LogP contribution in [0.3, 0.4) is 0 Å². The van der Waals surface area contributed by atoms with Crippen LogP contribution in [0.2, 0.25) is 0 Å². The molecule has 0 aliphatic heterocycles. The summed E-state index contributed by atoms with van der Waals surface area (Å²) < 4.78 is 0. The molecule has 2 atom stereocenters. The Balaban J connectivity index is 1.90. The van der Waals surface area contributed by atoms with Crippen LogP contribution in [-0.4, -0.2) is 36.2 Å². The van der Waals surface area contributed by atoms with Crippen LogP contribution in [0.1, 0.15) is 24.0 Å². The Morgan fingerprint density at radius 3 is 1.81 bits per heavy atom. The van der Waals surface area contributed by atoms with Gasteiger partial charge in [0.1, 0.15) is 0 Å². The number of hydrogen-bond donors (Lipinski definition) is 1. The summed E-state index contributed by atoms with van der Waals surface area (Å²) in [4.78, 5) is 4.46. The van der Waals surface area contributed by atoms with Crippen LogP contribution in [0.4, 0.5) is 0 Å². The van der Waals surface area contributed by atoms with Crippen LogP contribution in [0.15, 0.2) is 94.7 Å². The highest BCUT2D eigenvalue weighted by Gasteiger charge is 2.34. The number of nitrogens with zero attached hydrogens (tertiary/aromatic N) is 1. The Morgan fingerprint density at radius 1 is 0.778 bits per heavy atom. The highest BCUT2D eigenvalue weighted by Crippen LogP contribution is 2.37. The molecule has 0 aromatic heterocycles. The molecule has 0 aliphatic rings. The summed E-state index contributed by atoms with van der Waals surface area (Å²) in [7, 11) is 3.99. The van der Waals surface area contributed by atoms with Gasteiger partial charge in [-0.3, -0.25) is 0 Å². The number of aliphatic hydroxyl groups is 1. The van der Waals surface area contributed by atoms with E-state index in [4.69, 9.17) is 0 Å². The maximum atomic E-state index is 11.3. The van der Waals surface area contributed by atoms with E-state index in [0.29, 0.717) is 6.54 Å². The fourth-order valence-corrected chi connectivity index (χ4v) is 4.48. The van der Waals surface area contributed by atoms with Crippen LogP contribution in [0.25, 0.3) is 0 Å². The minimum atomic E-state index is -0.876. The van der Waals surface area contributed by atoms with E-state index in [9.17, 15) is 5.11 Å². The quantitative estimate of drug-likeness (QED) is 0.606. The monoisotopic (exact) mass is 377 g/mol. The van der Waals surface area contributed by atoms with Crippen molar-refractivity contribution in [3.05, 3.63) is 96.1 Å². The molecule has 0 aliphatic carbocycles. The molecule has 0 fully saturated rings. The Hall–Kier alpha value is -2.07. The summed E-state index contributed by atoms with van der Waals surface area (Å²) in [6, 6.07) is 29.3. The topological polar surface area (TPSA) is 23.5 Å². The predicted molar refractivity (Wildman–Crippen MR) is 114 cm³/mol. The number of benzene rings is 3. The maximum Gasteiger partial charge on any atom is 0.0854 e. The van der Waals surface area contributed by atoms with Crippen molar-refractivity contribution >= 4 is 11.8 Å². The van der Waals surface area contributed by atoms with Gasteiger partial charge >= 0.3 is 0 Å². The molecule has 1 N–H and O–H groups in total. The van der Waals surface area contributed by atoms with Gasteiger partial charge in [0.15, 0.2) is 0 Å². The van der Waals surface area contributed by atoms with Crippen molar-refractivity contribution in [1.82, 2.24) is 4.90 Å². The third kappa shape index (κ3) is 5.23. The van der Waals surface area contributed by atoms with E-state index in [1.54, 1.807) is 11.8 Å². The molecule has 2 unspecified atom stereocenters. The predicted octanol–water partition coefficient (Wildman–Crippen LogP) is 5.28. The molecule has 3 heteroatoms. The molecular formula is C24H27NOS. The molecule has 2 nitrogen and oxygen atoms in total. The van der Waals surface area contributed by atoms with Crippen molar-refractivity contribution in [3.63, 3.8) is 0 Å². The molecule has 140 valence electrons. The Morgan fingerprint density at radius 2 is 1.26 bits per heavy atom. The normalized spacial score (nSPS) is 14.7. The largest absolute Gasteiger partial charge is 0.388 e. The summed E-state index contributed by atoms with van der Waals surface area (Å²) in [6.07, 6.45) is 0. The zero-order valence-electron chi connectivity index (χ0n) is 16.2. The highest BCUT2D eigenvalue weighted by molar-refractivity contribution is 7.99. The zero-order chi connectivity index (χ0) is 19.3. The minimum Gasteiger partial charge on any atom is -0.388 e. The smallest absolute Gasteiger partial charge is 0.0854 e. The van der Waals surface area contributed by atoms with E-state index in [2.05, 4.69) is 60.7 Å². The van der Waals surface area contributed by atoms with Gasteiger partial charge in [-0.05, 0) is 56.4 Å². The van der Waals surface area contributed by atoms with Crippen LogP contribution < -0.4 is 0 Å². The summed E-state index contributed by atoms with van der Waals surface area (Å²) in [5, 5.41) is 11.3. The fourth-order valence-electron chi connectivity index (χ4n) is 3.64. The molecule has 0 amide bonds. The second-order valence-corrected chi connectivity index (χ2v) is 8.57. The van der Waals surface area contributed by atoms with E-state index < -0.39 is 5.60 Å². The first kappa shape index (κ1) is 19.7. The van der Waals surface area contributed by atoms with Gasteiger partial charge in [-0.15, -0.1) is 0 Å². The first-order valence-electron chi connectivity index (χ1n) is 9.20. The van der Waals surface area contributed by atoms with E-state index >= 15 is 0 Å². The van der Waals surface area contributed by atoms with Gasteiger partial charge in [0, 0.05) is 22.3 Å². The molecule has 0 spiro atoms. The lowest BCUT2D eigenvalue weighted by atomic mass is 9.78. The van der Waals surface area contributed by atoms with Crippen molar-refractivity contribution in [1.29, 1.82) is 0 Å². The van der Waals surface area contributed by atoms with Gasteiger partial charge in [0.05, 0.1) is 5.60 Å².